The van der Waals surface area contributed by atoms with Crippen LogP contribution in [0.15, 0.2) is 23.6 Å². The SMILES string of the molecule is C[C@@H]([NH2+]CC(=O)Nc1sccc1C(N)=O)c1cc(F)c(Cl)cc1Cl. The highest BCUT2D eigenvalue weighted by Crippen LogP contribution is 2.27. The average Bonchev–Trinajstić information content (AvgIpc) is 2.96. The number of benzene rings is 1. The minimum absolute atomic E-state index is 0.0506. The molecule has 1 aromatic heterocycles. The number of hydrogen-bond donors (Lipinski definition) is 3. The normalized spacial score (nSPS) is 12.0. The molecule has 128 valence electrons. The maximum Gasteiger partial charge on any atom is 0.280 e. The summed E-state index contributed by atoms with van der Waals surface area (Å²) in [6.07, 6.45) is 0. The van der Waals surface area contributed by atoms with Gasteiger partial charge in [0.1, 0.15) is 16.9 Å². The van der Waals surface area contributed by atoms with Gasteiger partial charge in [-0.1, -0.05) is 23.2 Å². The van der Waals surface area contributed by atoms with Crippen molar-refractivity contribution in [3.05, 3.63) is 50.6 Å². The lowest BCUT2D eigenvalue weighted by atomic mass is 10.1. The van der Waals surface area contributed by atoms with E-state index in [1.165, 1.54) is 23.5 Å². The quantitative estimate of drug-likeness (QED) is 0.661. The number of thiophene rings is 1. The van der Waals surface area contributed by atoms with E-state index in [1.807, 2.05) is 0 Å². The number of quaternary nitrogens is 1. The van der Waals surface area contributed by atoms with Crippen molar-refractivity contribution in [2.24, 2.45) is 5.73 Å². The van der Waals surface area contributed by atoms with Crippen LogP contribution in [0.4, 0.5) is 9.39 Å². The van der Waals surface area contributed by atoms with Crippen LogP contribution in [0.5, 0.6) is 0 Å². The fourth-order valence-electron chi connectivity index (χ4n) is 2.08. The molecule has 0 saturated carbocycles. The van der Waals surface area contributed by atoms with Crippen LogP contribution in [-0.2, 0) is 4.79 Å². The van der Waals surface area contributed by atoms with Crippen LogP contribution < -0.4 is 16.4 Å². The maximum atomic E-state index is 13.6. The summed E-state index contributed by atoms with van der Waals surface area (Å²) in [7, 11) is 0. The highest BCUT2D eigenvalue weighted by molar-refractivity contribution is 7.14. The number of amides is 2. The second-order valence-electron chi connectivity index (χ2n) is 5.09. The van der Waals surface area contributed by atoms with Crippen LogP contribution in [0.25, 0.3) is 0 Å². The molecule has 5 N–H and O–H groups in total. The molecule has 1 heterocycles. The molecule has 0 saturated heterocycles. The molecule has 0 aliphatic carbocycles. The molecule has 0 fully saturated rings. The summed E-state index contributed by atoms with van der Waals surface area (Å²) in [6.45, 7) is 1.86. The number of anilines is 1. The molecule has 2 rings (SSSR count). The zero-order valence-electron chi connectivity index (χ0n) is 12.6. The van der Waals surface area contributed by atoms with E-state index >= 15 is 0 Å². The third-order valence-electron chi connectivity index (χ3n) is 3.37. The van der Waals surface area contributed by atoms with Gasteiger partial charge in [-0.3, -0.25) is 9.59 Å². The number of rotatable bonds is 6. The smallest absolute Gasteiger partial charge is 0.280 e. The number of hydrogen-bond acceptors (Lipinski definition) is 3. The Balaban J connectivity index is 1.97. The molecule has 0 aliphatic rings. The molecule has 0 bridgehead atoms. The van der Waals surface area contributed by atoms with Gasteiger partial charge < -0.3 is 16.4 Å². The summed E-state index contributed by atoms with van der Waals surface area (Å²) in [5, 5.41) is 6.68. The van der Waals surface area contributed by atoms with E-state index in [1.54, 1.807) is 23.7 Å². The van der Waals surface area contributed by atoms with Crippen molar-refractivity contribution in [3.63, 3.8) is 0 Å². The zero-order valence-corrected chi connectivity index (χ0v) is 14.9. The Hall–Kier alpha value is -1.67. The maximum absolute atomic E-state index is 13.6. The first-order chi connectivity index (χ1) is 11.3. The third-order valence-corrected chi connectivity index (χ3v) is 4.82. The fourth-order valence-corrected chi connectivity index (χ4v) is 3.44. The Labute approximate surface area is 151 Å². The predicted molar refractivity (Wildman–Crippen MR) is 93.1 cm³/mol. The Morgan fingerprint density at radius 1 is 1.38 bits per heavy atom. The summed E-state index contributed by atoms with van der Waals surface area (Å²) in [5.41, 5.74) is 6.03. The second kappa shape index (κ2) is 7.94. The number of nitrogens with one attached hydrogen (secondary N) is 1. The van der Waals surface area contributed by atoms with Crippen molar-refractivity contribution in [1.82, 2.24) is 0 Å². The molecule has 0 unspecified atom stereocenters. The summed E-state index contributed by atoms with van der Waals surface area (Å²) in [5.74, 6) is -1.48. The zero-order chi connectivity index (χ0) is 17.9. The Morgan fingerprint density at radius 3 is 2.75 bits per heavy atom. The first kappa shape index (κ1) is 18.7. The molecular formula is C15H15Cl2FN3O2S+. The molecule has 0 radical (unpaired) electrons. The Kier molecular flexibility index (Phi) is 6.17. The lowest BCUT2D eigenvalue weighted by Crippen LogP contribution is -2.86. The van der Waals surface area contributed by atoms with Gasteiger partial charge in [0, 0.05) is 5.56 Å². The standard InChI is InChI=1S/C15H14Cl2FN3O2S/c1-7(9-4-12(18)11(17)5-10(9)16)20-6-13(22)21-15-8(14(19)23)2-3-24-15/h2-5,7,20H,6H2,1H3,(H2,19,23)(H,21,22)/p+1/t7-/m1/s1. The summed E-state index contributed by atoms with van der Waals surface area (Å²) in [6, 6.07) is 3.89. The molecule has 9 heteroatoms. The first-order valence-electron chi connectivity index (χ1n) is 6.94. The monoisotopic (exact) mass is 390 g/mol. The molecule has 5 nitrogen and oxygen atoms in total. The average molecular weight is 391 g/mol. The van der Waals surface area contributed by atoms with Gasteiger partial charge in [0.25, 0.3) is 11.8 Å². The molecule has 0 spiro atoms. The third kappa shape index (κ3) is 4.45. The van der Waals surface area contributed by atoms with Gasteiger partial charge in [0.2, 0.25) is 0 Å². The minimum atomic E-state index is -0.604. The van der Waals surface area contributed by atoms with Gasteiger partial charge in [-0.15, -0.1) is 11.3 Å². The van der Waals surface area contributed by atoms with Gasteiger partial charge in [0.15, 0.2) is 6.54 Å². The minimum Gasteiger partial charge on any atom is -0.366 e. The largest absolute Gasteiger partial charge is 0.366 e. The molecule has 1 aromatic carbocycles. The van der Waals surface area contributed by atoms with Gasteiger partial charge >= 0.3 is 0 Å². The van der Waals surface area contributed by atoms with Crippen LogP contribution in [0.2, 0.25) is 10.0 Å². The molecule has 2 aromatic rings. The van der Waals surface area contributed by atoms with E-state index in [9.17, 15) is 14.0 Å². The molecule has 24 heavy (non-hydrogen) atoms. The topological polar surface area (TPSA) is 88.8 Å². The van der Waals surface area contributed by atoms with Crippen LogP contribution >= 0.6 is 34.5 Å². The van der Waals surface area contributed by atoms with Crippen LogP contribution in [0.3, 0.4) is 0 Å². The number of carbonyl (C=O) groups excluding carboxylic acids is 2. The molecular weight excluding hydrogens is 376 g/mol. The summed E-state index contributed by atoms with van der Waals surface area (Å²) in [4.78, 5) is 23.2. The van der Waals surface area contributed by atoms with E-state index in [-0.39, 0.29) is 29.1 Å². The van der Waals surface area contributed by atoms with Gasteiger partial charge in [-0.2, -0.15) is 0 Å². The molecule has 2 amide bonds. The van der Waals surface area contributed by atoms with E-state index in [4.69, 9.17) is 28.9 Å². The Morgan fingerprint density at radius 2 is 2.08 bits per heavy atom. The van der Waals surface area contributed by atoms with Crippen molar-refractivity contribution >= 4 is 51.4 Å². The van der Waals surface area contributed by atoms with Crippen LogP contribution in [0.1, 0.15) is 28.9 Å². The van der Waals surface area contributed by atoms with Crippen molar-refractivity contribution in [2.75, 3.05) is 11.9 Å². The first-order valence-corrected chi connectivity index (χ1v) is 8.58. The van der Waals surface area contributed by atoms with E-state index in [0.29, 0.717) is 15.6 Å². The predicted octanol–water partition coefficient (Wildman–Crippen LogP) is 2.56. The molecule has 1 atom stereocenters. The summed E-state index contributed by atoms with van der Waals surface area (Å²) < 4.78 is 13.6. The van der Waals surface area contributed by atoms with Crippen LogP contribution in [0, 0.1) is 5.82 Å². The number of halogens is 3. The highest BCUT2D eigenvalue weighted by atomic mass is 35.5. The fraction of sp³-hybridized carbons (Fsp3) is 0.200. The lowest BCUT2D eigenvalue weighted by Gasteiger charge is -2.13. The number of primary amides is 1. The van der Waals surface area contributed by atoms with Crippen molar-refractivity contribution < 1.29 is 19.3 Å². The molecule has 0 aliphatic heterocycles. The van der Waals surface area contributed by atoms with Crippen molar-refractivity contribution in [3.8, 4) is 0 Å². The van der Waals surface area contributed by atoms with Crippen molar-refractivity contribution in [1.29, 1.82) is 0 Å². The second-order valence-corrected chi connectivity index (χ2v) is 6.82. The van der Waals surface area contributed by atoms with Gasteiger partial charge in [-0.25, -0.2) is 4.39 Å². The Bertz CT molecular complexity index is 782. The van der Waals surface area contributed by atoms with Gasteiger partial charge in [-0.05, 0) is 30.5 Å². The van der Waals surface area contributed by atoms with Crippen molar-refractivity contribution in [2.45, 2.75) is 13.0 Å². The number of carbonyl (C=O) groups is 2. The van der Waals surface area contributed by atoms with Gasteiger partial charge in [0.05, 0.1) is 15.6 Å². The van der Waals surface area contributed by atoms with E-state index < -0.39 is 11.7 Å². The lowest BCUT2D eigenvalue weighted by molar-refractivity contribution is -0.682. The van der Waals surface area contributed by atoms with E-state index in [2.05, 4.69) is 5.32 Å². The highest BCUT2D eigenvalue weighted by Gasteiger charge is 2.18. The van der Waals surface area contributed by atoms with E-state index in [0.717, 1.165) is 0 Å². The van der Waals surface area contributed by atoms with Crippen LogP contribution in [-0.4, -0.2) is 18.4 Å². The summed E-state index contributed by atoms with van der Waals surface area (Å²) >= 11 is 12.9. The number of nitrogens with two attached hydrogens (primary N) is 2.